The largest absolute Gasteiger partial charge is 0.496 e. The van der Waals surface area contributed by atoms with Gasteiger partial charge in [-0.3, -0.25) is 9.48 Å². The van der Waals surface area contributed by atoms with Crippen molar-refractivity contribution in [3.8, 4) is 17.0 Å². The maximum absolute atomic E-state index is 13.9. The summed E-state index contributed by atoms with van der Waals surface area (Å²) in [4.78, 5) is 12.4. The van der Waals surface area contributed by atoms with Crippen LogP contribution in [0.4, 0.5) is 4.39 Å². The number of benzene rings is 2. The van der Waals surface area contributed by atoms with Gasteiger partial charge in [0.15, 0.2) is 0 Å². The van der Waals surface area contributed by atoms with E-state index in [0.29, 0.717) is 25.8 Å². The number of hydrogen-bond donors (Lipinski definition) is 2. The van der Waals surface area contributed by atoms with Gasteiger partial charge in [-0.2, -0.15) is 0 Å². The van der Waals surface area contributed by atoms with E-state index in [-0.39, 0.29) is 24.3 Å². The molecule has 9 heteroatoms. The molecule has 4 rings (SSSR count). The number of amides is 1. The van der Waals surface area contributed by atoms with Gasteiger partial charge in [0, 0.05) is 12.1 Å². The van der Waals surface area contributed by atoms with E-state index in [0.717, 1.165) is 17.0 Å². The summed E-state index contributed by atoms with van der Waals surface area (Å²) >= 11 is 0. The summed E-state index contributed by atoms with van der Waals surface area (Å²) in [6, 6.07) is 13.1. The molecule has 33 heavy (non-hydrogen) atoms. The standard InChI is InChI=1S/C24H27FN4O4/c1-32-22-9-5-3-7-18(22)21-14-29(28-27-21)13-12-16-10-11-20(23(15-30)33-16)26-24(31)17-6-2-4-8-19(17)25/h2-9,14,16,20,23,30H,10-13,15H2,1H3,(H,26,31)/t16-,20-,23+/m0/s1. The van der Waals surface area contributed by atoms with Crippen LogP contribution in [0.1, 0.15) is 29.6 Å². The molecular weight excluding hydrogens is 427 g/mol. The Morgan fingerprint density at radius 1 is 1.24 bits per heavy atom. The lowest BCUT2D eigenvalue weighted by Gasteiger charge is -2.36. The number of halogens is 1. The number of nitrogens with one attached hydrogen (secondary N) is 1. The highest BCUT2D eigenvalue weighted by molar-refractivity contribution is 5.94. The Balaban J connectivity index is 1.32. The number of ether oxygens (including phenoxy) is 2. The molecule has 0 bridgehead atoms. The van der Waals surface area contributed by atoms with Crippen LogP contribution in [0.15, 0.2) is 54.7 Å². The number of methoxy groups -OCH3 is 1. The molecule has 3 atom stereocenters. The van der Waals surface area contributed by atoms with Crippen LogP contribution in [-0.4, -0.2) is 58.0 Å². The molecule has 0 saturated carbocycles. The fraction of sp³-hybridized carbons (Fsp3) is 0.375. The van der Waals surface area contributed by atoms with Crippen LogP contribution in [-0.2, 0) is 11.3 Å². The van der Waals surface area contributed by atoms with E-state index in [4.69, 9.17) is 9.47 Å². The van der Waals surface area contributed by atoms with E-state index in [1.807, 2.05) is 30.5 Å². The Morgan fingerprint density at radius 2 is 2.03 bits per heavy atom. The molecule has 1 aliphatic heterocycles. The summed E-state index contributed by atoms with van der Waals surface area (Å²) in [7, 11) is 1.62. The van der Waals surface area contributed by atoms with Gasteiger partial charge in [0.25, 0.3) is 5.91 Å². The van der Waals surface area contributed by atoms with Crippen LogP contribution >= 0.6 is 0 Å². The first-order valence-corrected chi connectivity index (χ1v) is 10.9. The molecule has 0 aliphatic carbocycles. The SMILES string of the molecule is COc1ccccc1-c1cn(CC[C@@H]2CC[C@H](NC(=O)c3ccccc3F)[C@@H](CO)O2)nn1. The number of aliphatic hydroxyl groups excluding tert-OH is 1. The average molecular weight is 455 g/mol. The molecule has 8 nitrogen and oxygen atoms in total. The maximum atomic E-state index is 13.9. The van der Waals surface area contributed by atoms with Crippen molar-refractivity contribution in [3.63, 3.8) is 0 Å². The van der Waals surface area contributed by atoms with Crippen LogP contribution in [0.3, 0.4) is 0 Å². The highest BCUT2D eigenvalue weighted by Gasteiger charge is 2.32. The third-order valence-electron chi connectivity index (χ3n) is 5.83. The molecule has 3 aromatic rings. The van der Waals surface area contributed by atoms with Crippen LogP contribution in [0.25, 0.3) is 11.3 Å². The highest BCUT2D eigenvalue weighted by Crippen LogP contribution is 2.28. The van der Waals surface area contributed by atoms with Crippen molar-refractivity contribution in [2.45, 2.75) is 44.1 Å². The van der Waals surface area contributed by atoms with Crippen LogP contribution < -0.4 is 10.1 Å². The third-order valence-corrected chi connectivity index (χ3v) is 5.83. The molecule has 1 aromatic heterocycles. The Kier molecular flexibility index (Phi) is 7.31. The highest BCUT2D eigenvalue weighted by atomic mass is 19.1. The van der Waals surface area contributed by atoms with E-state index < -0.39 is 17.8 Å². The molecular formula is C24H27FN4O4. The summed E-state index contributed by atoms with van der Waals surface area (Å²) in [5, 5.41) is 21.0. The second-order valence-corrected chi connectivity index (χ2v) is 7.97. The van der Waals surface area contributed by atoms with Crippen molar-refractivity contribution >= 4 is 5.91 Å². The van der Waals surface area contributed by atoms with E-state index in [9.17, 15) is 14.3 Å². The van der Waals surface area contributed by atoms with Gasteiger partial charge in [-0.05, 0) is 43.5 Å². The second kappa shape index (κ2) is 10.5. The van der Waals surface area contributed by atoms with E-state index in [1.165, 1.54) is 18.2 Å². The zero-order valence-electron chi connectivity index (χ0n) is 18.4. The number of hydrogen-bond acceptors (Lipinski definition) is 6. The first-order chi connectivity index (χ1) is 16.1. The number of carbonyl (C=O) groups excluding carboxylic acids is 1. The molecule has 2 heterocycles. The van der Waals surface area contributed by atoms with Gasteiger partial charge in [0.2, 0.25) is 0 Å². The Morgan fingerprint density at radius 3 is 2.82 bits per heavy atom. The topological polar surface area (TPSA) is 98.5 Å². The number of aliphatic hydroxyl groups is 1. The number of nitrogens with zero attached hydrogens (tertiary/aromatic N) is 3. The summed E-state index contributed by atoms with van der Waals surface area (Å²) in [6.07, 6.45) is 3.22. The van der Waals surface area contributed by atoms with Crippen molar-refractivity contribution in [1.29, 1.82) is 0 Å². The van der Waals surface area contributed by atoms with Crippen LogP contribution in [0.2, 0.25) is 0 Å². The van der Waals surface area contributed by atoms with E-state index in [2.05, 4.69) is 15.6 Å². The molecule has 1 fully saturated rings. The molecule has 0 spiro atoms. The number of carbonyl (C=O) groups is 1. The van der Waals surface area contributed by atoms with Gasteiger partial charge >= 0.3 is 0 Å². The number of aryl methyl sites for hydroxylation is 1. The zero-order chi connectivity index (χ0) is 23.2. The summed E-state index contributed by atoms with van der Waals surface area (Å²) in [6.45, 7) is 0.358. The average Bonchev–Trinajstić information content (AvgIpc) is 3.32. The summed E-state index contributed by atoms with van der Waals surface area (Å²) in [5.41, 5.74) is 1.57. The number of rotatable bonds is 8. The lowest BCUT2D eigenvalue weighted by Crippen LogP contribution is -2.51. The Labute approximate surface area is 191 Å². The minimum atomic E-state index is -0.578. The molecule has 0 radical (unpaired) electrons. The van der Waals surface area contributed by atoms with Gasteiger partial charge in [-0.15, -0.1) is 5.10 Å². The molecule has 1 saturated heterocycles. The minimum Gasteiger partial charge on any atom is -0.496 e. The normalized spacial score (nSPS) is 20.4. The number of aromatic nitrogens is 3. The van der Waals surface area contributed by atoms with Crippen LogP contribution in [0.5, 0.6) is 5.75 Å². The monoisotopic (exact) mass is 454 g/mol. The fourth-order valence-electron chi connectivity index (χ4n) is 4.06. The van der Waals surface area contributed by atoms with Gasteiger partial charge in [0.1, 0.15) is 23.4 Å². The van der Waals surface area contributed by atoms with Crippen molar-refractivity contribution in [2.75, 3.05) is 13.7 Å². The van der Waals surface area contributed by atoms with Gasteiger partial charge in [0.05, 0.1) is 37.6 Å². The van der Waals surface area contributed by atoms with Gasteiger partial charge in [-0.1, -0.05) is 29.5 Å². The first kappa shape index (κ1) is 22.9. The lowest BCUT2D eigenvalue weighted by molar-refractivity contribution is -0.0912. The Bertz CT molecular complexity index is 1090. The quantitative estimate of drug-likeness (QED) is 0.543. The van der Waals surface area contributed by atoms with Crippen molar-refractivity contribution in [3.05, 3.63) is 66.1 Å². The van der Waals surface area contributed by atoms with E-state index >= 15 is 0 Å². The Hall–Kier alpha value is -3.30. The van der Waals surface area contributed by atoms with Gasteiger partial charge < -0.3 is 19.9 Å². The fourth-order valence-corrected chi connectivity index (χ4v) is 4.06. The predicted octanol–water partition coefficient (Wildman–Crippen LogP) is 2.82. The van der Waals surface area contributed by atoms with Crippen molar-refractivity contribution in [1.82, 2.24) is 20.3 Å². The number of para-hydroxylation sites is 1. The molecule has 2 N–H and O–H groups in total. The summed E-state index contributed by atoms with van der Waals surface area (Å²) in [5.74, 6) is -0.356. The summed E-state index contributed by atoms with van der Waals surface area (Å²) < 4.78 is 27.1. The third kappa shape index (κ3) is 5.37. The molecule has 1 amide bonds. The molecule has 1 aliphatic rings. The zero-order valence-corrected chi connectivity index (χ0v) is 18.4. The van der Waals surface area contributed by atoms with Crippen LogP contribution in [0, 0.1) is 5.82 Å². The smallest absolute Gasteiger partial charge is 0.254 e. The molecule has 174 valence electrons. The maximum Gasteiger partial charge on any atom is 0.254 e. The predicted molar refractivity (Wildman–Crippen MR) is 119 cm³/mol. The van der Waals surface area contributed by atoms with Crippen molar-refractivity contribution < 1.29 is 23.8 Å². The minimum absolute atomic E-state index is 0.0200. The van der Waals surface area contributed by atoms with E-state index in [1.54, 1.807) is 17.9 Å². The molecule has 2 aromatic carbocycles. The second-order valence-electron chi connectivity index (χ2n) is 7.97. The molecule has 0 unspecified atom stereocenters. The lowest BCUT2D eigenvalue weighted by atomic mass is 9.96. The first-order valence-electron chi connectivity index (χ1n) is 10.9. The van der Waals surface area contributed by atoms with Crippen molar-refractivity contribution in [2.24, 2.45) is 0 Å². The van der Waals surface area contributed by atoms with Gasteiger partial charge in [-0.25, -0.2) is 4.39 Å².